The maximum absolute atomic E-state index is 12.7. The van der Waals surface area contributed by atoms with Gasteiger partial charge >= 0.3 is 12.4 Å². The Labute approximate surface area is 114 Å². The smallest absolute Gasteiger partial charge is 0.207 e. The lowest BCUT2D eigenvalue weighted by atomic mass is 10.0. The molecule has 20 heavy (non-hydrogen) atoms. The van der Waals surface area contributed by atoms with Gasteiger partial charge in [0.25, 0.3) is 9.05 Å². The van der Waals surface area contributed by atoms with Crippen LogP contribution in [0.1, 0.15) is 23.6 Å². The van der Waals surface area contributed by atoms with E-state index in [9.17, 15) is 34.8 Å². The SMILES string of the molecule is CCc1c(C(F)(F)F)ccc(C(F)(F)F)c1S(=O)(=O)Cl. The Balaban J connectivity index is 3.89. The van der Waals surface area contributed by atoms with Gasteiger partial charge in [0.1, 0.15) is 0 Å². The summed E-state index contributed by atoms with van der Waals surface area (Å²) in [6, 6.07) is 0.268. The fourth-order valence-electron chi connectivity index (χ4n) is 1.75. The molecule has 0 aliphatic carbocycles. The van der Waals surface area contributed by atoms with E-state index in [2.05, 4.69) is 0 Å². The van der Waals surface area contributed by atoms with Gasteiger partial charge in [0.05, 0.1) is 16.0 Å². The Morgan fingerprint density at radius 2 is 1.40 bits per heavy atom. The number of benzene rings is 1. The average Bonchev–Trinajstić information content (AvgIpc) is 2.23. The standard InChI is InChI=1S/C10H7ClF6O2S/c1-2-5-6(9(12,13)14)3-4-7(10(15,16)17)8(5)20(11,18)19/h3-4H,2H2,1H3. The van der Waals surface area contributed by atoms with Crippen LogP contribution in [0.15, 0.2) is 17.0 Å². The predicted molar refractivity (Wildman–Crippen MR) is 58.9 cm³/mol. The molecule has 0 aliphatic heterocycles. The van der Waals surface area contributed by atoms with Crippen molar-refractivity contribution in [2.24, 2.45) is 0 Å². The zero-order valence-electron chi connectivity index (χ0n) is 9.73. The molecular formula is C10H7ClF6O2S. The summed E-state index contributed by atoms with van der Waals surface area (Å²) in [5, 5.41) is 0. The number of rotatable bonds is 2. The summed E-state index contributed by atoms with van der Waals surface area (Å²) in [6.45, 7) is 1.11. The van der Waals surface area contributed by atoms with Gasteiger partial charge in [0.15, 0.2) is 0 Å². The first-order valence-electron chi connectivity index (χ1n) is 5.05. The van der Waals surface area contributed by atoms with Crippen LogP contribution in [-0.4, -0.2) is 8.42 Å². The van der Waals surface area contributed by atoms with E-state index in [1.165, 1.54) is 0 Å². The molecule has 0 N–H and O–H groups in total. The molecule has 0 aromatic heterocycles. The van der Waals surface area contributed by atoms with Crippen molar-refractivity contribution in [1.82, 2.24) is 0 Å². The lowest BCUT2D eigenvalue weighted by Crippen LogP contribution is -2.18. The second kappa shape index (κ2) is 5.10. The fourth-order valence-corrected chi connectivity index (χ4v) is 3.27. The van der Waals surface area contributed by atoms with E-state index < -0.39 is 49.4 Å². The Morgan fingerprint density at radius 3 is 1.70 bits per heavy atom. The van der Waals surface area contributed by atoms with Crippen molar-refractivity contribution in [3.63, 3.8) is 0 Å². The molecule has 0 spiro atoms. The first kappa shape index (κ1) is 17.1. The van der Waals surface area contributed by atoms with Gasteiger partial charge in [0, 0.05) is 10.7 Å². The van der Waals surface area contributed by atoms with Gasteiger partial charge in [-0.1, -0.05) is 6.92 Å². The molecule has 0 saturated carbocycles. The second-order valence-corrected chi connectivity index (χ2v) is 6.26. The van der Waals surface area contributed by atoms with Crippen LogP contribution in [0.2, 0.25) is 0 Å². The highest BCUT2D eigenvalue weighted by Gasteiger charge is 2.42. The van der Waals surface area contributed by atoms with Crippen LogP contribution >= 0.6 is 10.7 Å². The molecule has 0 bridgehead atoms. The van der Waals surface area contributed by atoms with E-state index >= 15 is 0 Å². The molecule has 0 unspecified atom stereocenters. The highest BCUT2D eigenvalue weighted by molar-refractivity contribution is 8.13. The molecule has 1 aromatic rings. The van der Waals surface area contributed by atoms with Crippen LogP contribution in [0.3, 0.4) is 0 Å². The quantitative estimate of drug-likeness (QED) is 0.597. The third kappa shape index (κ3) is 3.38. The van der Waals surface area contributed by atoms with E-state index in [4.69, 9.17) is 10.7 Å². The molecule has 1 aromatic carbocycles. The van der Waals surface area contributed by atoms with E-state index in [1.807, 2.05) is 0 Å². The maximum atomic E-state index is 12.7. The van der Waals surface area contributed by atoms with Crippen LogP contribution < -0.4 is 0 Å². The van der Waals surface area contributed by atoms with Crippen LogP contribution in [0.5, 0.6) is 0 Å². The predicted octanol–water partition coefficient (Wildman–Crippen LogP) is 4.21. The van der Waals surface area contributed by atoms with Gasteiger partial charge in [-0.15, -0.1) is 0 Å². The molecule has 0 fully saturated rings. The van der Waals surface area contributed by atoms with E-state index in [0.29, 0.717) is 0 Å². The molecule has 0 atom stereocenters. The average molecular weight is 341 g/mol. The van der Waals surface area contributed by atoms with E-state index in [0.717, 1.165) is 6.92 Å². The number of hydrogen-bond donors (Lipinski definition) is 0. The Morgan fingerprint density at radius 1 is 1.00 bits per heavy atom. The Bertz CT molecular complexity index is 618. The fraction of sp³-hybridized carbons (Fsp3) is 0.400. The van der Waals surface area contributed by atoms with E-state index in [-0.39, 0.29) is 12.1 Å². The summed E-state index contributed by atoms with van der Waals surface area (Å²) in [5.74, 6) is 0. The zero-order valence-corrected chi connectivity index (χ0v) is 11.3. The largest absolute Gasteiger partial charge is 0.417 e. The zero-order chi connectivity index (χ0) is 15.9. The minimum atomic E-state index is -5.13. The van der Waals surface area contributed by atoms with Crippen molar-refractivity contribution in [1.29, 1.82) is 0 Å². The third-order valence-electron chi connectivity index (χ3n) is 2.47. The molecule has 10 heteroatoms. The molecule has 0 heterocycles. The highest BCUT2D eigenvalue weighted by Crippen LogP contribution is 2.42. The van der Waals surface area contributed by atoms with Crippen LogP contribution in [0.25, 0.3) is 0 Å². The molecule has 0 saturated heterocycles. The van der Waals surface area contributed by atoms with Crippen molar-refractivity contribution in [3.8, 4) is 0 Å². The third-order valence-corrected chi connectivity index (χ3v) is 3.89. The van der Waals surface area contributed by atoms with Crippen LogP contribution in [0.4, 0.5) is 26.3 Å². The number of halogens is 7. The van der Waals surface area contributed by atoms with Crippen LogP contribution in [-0.2, 0) is 27.8 Å². The normalized spacial score (nSPS) is 13.6. The lowest BCUT2D eigenvalue weighted by Gasteiger charge is -2.18. The van der Waals surface area contributed by atoms with Gasteiger partial charge < -0.3 is 0 Å². The molecular weight excluding hydrogens is 334 g/mol. The minimum absolute atomic E-state index is 0.0667. The Hall–Kier alpha value is -0.960. The molecule has 0 amide bonds. The second-order valence-electron chi connectivity index (χ2n) is 3.76. The number of alkyl halides is 6. The lowest BCUT2D eigenvalue weighted by molar-refractivity contribution is -0.143. The van der Waals surface area contributed by atoms with Gasteiger partial charge in [-0.3, -0.25) is 0 Å². The van der Waals surface area contributed by atoms with Crippen molar-refractivity contribution in [2.45, 2.75) is 30.6 Å². The highest BCUT2D eigenvalue weighted by atomic mass is 35.7. The topological polar surface area (TPSA) is 34.1 Å². The molecule has 2 nitrogen and oxygen atoms in total. The van der Waals surface area contributed by atoms with Gasteiger partial charge in [0.2, 0.25) is 0 Å². The first-order chi connectivity index (χ1) is 8.80. The van der Waals surface area contributed by atoms with Gasteiger partial charge in [-0.2, -0.15) is 26.3 Å². The monoisotopic (exact) mass is 340 g/mol. The van der Waals surface area contributed by atoms with E-state index in [1.54, 1.807) is 0 Å². The molecule has 114 valence electrons. The molecule has 0 radical (unpaired) electrons. The van der Waals surface area contributed by atoms with Gasteiger partial charge in [-0.05, 0) is 24.1 Å². The Kier molecular flexibility index (Phi) is 4.36. The summed E-state index contributed by atoms with van der Waals surface area (Å²) >= 11 is 0. The van der Waals surface area contributed by atoms with Crippen molar-refractivity contribution in [2.75, 3.05) is 0 Å². The van der Waals surface area contributed by atoms with Gasteiger partial charge in [-0.25, -0.2) is 8.42 Å². The van der Waals surface area contributed by atoms with Crippen molar-refractivity contribution < 1.29 is 34.8 Å². The molecule has 1 rings (SSSR count). The van der Waals surface area contributed by atoms with Crippen molar-refractivity contribution in [3.05, 3.63) is 28.8 Å². The summed E-state index contributed by atoms with van der Waals surface area (Å²) in [6.07, 6.45) is -10.7. The summed E-state index contributed by atoms with van der Waals surface area (Å²) < 4.78 is 98.8. The summed E-state index contributed by atoms with van der Waals surface area (Å²) in [7, 11) is -0.109. The molecule has 0 aliphatic rings. The maximum Gasteiger partial charge on any atom is 0.417 e. The van der Waals surface area contributed by atoms with Crippen molar-refractivity contribution >= 4 is 19.7 Å². The van der Waals surface area contributed by atoms with Crippen LogP contribution in [0, 0.1) is 0 Å². The number of hydrogen-bond acceptors (Lipinski definition) is 2. The minimum Gasteiger partial charge on any atom is -0.207 e. The first-order valence-corrected chi connectivity index (χ1v) is 7.36. The summed E-state index contributed by atoms with van der Waals surface area (Å²) in [5.41, 5.74) is -4.16. The summed E-state index contributed by atoms with van der Waals surface area (Å²) in [4.78, 5) is -1.54.